The summed E-state index contributed by atoms with van der Waals surface area (Å²) in [6, 6.07) is 10.3. The van der Waals surface area contributed by atoms with Gasteiger partial charge in [-0.2, -0.15) is 0 Å². The fourth-order valence-corrected chi connectivity index (χ4v) is 5.27. The van der Waals surface area contributed by atoms with Crippen LogP contribution in [0.25, 0.3) is 0 Å². The summed E-state index contributed by atoms with van der Waals surface area (Å²) in [5, 5.41) is 9.55. The lowest BCUT2D eigenvalue weighted by atomic mass is 9.64. The minimum atomic E-state index is -0.526. The average Bonchev–Trinajstić information content (AvgIpc) is 3.13. The minimum Gasteiger partial charge on any atom is -0.396 e. The van der Waals surface area contributed by atoms with E-state index in [1.165, 1.54) is 0 Å². The van der Waals surface area contributed by atoms with Crippen molar-refractivity contribution in [3.63, 3.8) is 0 Å². The van der Waals surface area contributed by atoms with Gasteiger partial charge in [0, 0.05) is 43.4 Å². The van der Waals surface area contributed by atoms with E-state index in [0.29, 0.717) is 26.2 Å². The smallest absolute Gasteiger partial charge is 0.226 e. The van der Waals surface area contributed by atoms with Crippen LogP contribution >= 0.6 is 0 Å². The van der Waals surface area contributed by atoms with Crippen molar-refractivity contribution < 1.29 is 19.4 Å². The Morgan fingerprint density at radius 1 is 1.24 bits per heavy atom. The minimum absolute atomic E-state index is 0.0343. The van der Waals surface area contributed by atoms with Crippen LogP contribution in [-0.4, -0.2) is 47.6 Å². The molecule has 1 spiro atoms. The van der Waals surface area contributed by atoms with Crippen LogP contribution in [-0.2, 0) is 20.8 Å². The van der Waals surface area contributed by atoms with Crippen molar-refractivity contribution in [1.82, 2.24) is 4.90 Å². The first-order chi connectivity index (χ1) is 12.1. The molecule has 1 N–H and O–H groups in total. The van der Waals surface area contributed by atoms with Gasteiger partial charge in [-0.3, -0.25) is 4.79 Å². The normalized spacial score (nSPS) is 33.8. The topological polar surface area (TPSA) is 59.0 Å². The van der Waals surface area contributed by atoms with Crippen LogP contribution in [0.15, 0.2) is 30.3 Å². The fraction of sp³-hybridized carbons (Fsp3) is 0.650. The lowest BCUT2D eigenvalue weighted by molar-refractivity contribution is -0.210. The predicted octanol–water partition coefficient (Wildman–Crippen LogP) is 2.33. The van der Waals surface area contributed by atoms with Crippen LogP contribution in [0.1, 0.15) is 38.2 Å². The largest absolute Gasteiger partial charge is 0.396 e. The van der Waals surface area contributed by atoms with Gasteiger partial charge in [0.05, 0.1) is 13.2 Å². The number of fused-ring (bicyclic) bond motifs is 1. The van der Waals surface area contributed by atoms with E-state index >= 15 is 0 Å². The van der Waals surface area contributed by atoms with Crippen LogP contribution in [0.2, 0.25) is 0 Å². The first kappa shape index (κ1) is 17.0. The molecule has 1 saturated carbocycles. The van der Waals surface area contributed by atoms with Gasteiger partial charge in [-0.15, -0.1) is 0 Å². The van der Waals surface area contributed by atoms with Gasteiger partial charge < -0.3 is 19.5 Å². The number of ether oxygens (including phenoxy) is 2. The quantitative estimate of drug-likeness (QED) is 0.910. The molecule has 1 amide bonds. The number of carbonyl (C=O) groups excluding carboxylic acids is 1. The Morgan fingerprint density at radius 2 is 1.96 bits per heavy atom. The summed E-state index contributed by atoms with van der Waals surface area (Å²) in [6.07, 6.45) is 2.95. The second kappa shape index (κ2) is 6.38. The second-order valence-electron chi connectivity index (χ2n) is 7.86. The summed E-state index contributed by atoms with van der Waals surface area (Å²) >= 11 is 0. The van der Waals surface area contributed by atoms with Crippen molar-refractivity contribution in [2.45, 2.75) is 51.0 Å². The highest BCUT2D eigenvalue weighted by molar-refractivity contribution is 5.83. The number of hydrogen-bond donors (Lipinski definition) is 1. The average molecular weight is 345 g/mol. The van der Waals surface area contributed by atoms with Gasteiger partial charge in [0.15, 0.2) is 5.79 Å². The van der Waals surface area contributed by atoms with E-state index < -0.39 is 5.79 Å². The number of hydrogen-bond acceptors (Lipinski definition) is 4. The Bertz CT molecular complexity index is 628. The number of rotatable bonds is 4. The Hall–Kier alpha value is -1.43. The number of nitrogens with zero attached hydrogens (tertiary/aromatic N) is 1. The molecule has 0 radical (unpaired) electrons. The summed E-state index contributed by atoms with van der Waals surface area (Å²) in [7, 11) is 0. The Kier molecular flexibility index (Phi) is 4.34. The molecule has 25 heavy (non-hydrogen) atoms. The highest BCUT2D eigenvalue weighted by Gasteiger charge is 2.62. The molecule has 4 rings (SSSR count). The van der Waals surface area contributed by atoms with Crippen molar-refractivity contribution in [3.8, 4) is 0 Å². The van der Waals surface area contributed by atoms with Gasteiger partial charge in [-0.25, -0.2) is 0 Å². The van der Waals surface area contributed by atoms with Gasteiger partial charge in [-0.1, -0.05) is 37.3 Å². The van der Waals surface area contributed by atoms with Crippen molar-refractivity contribution >= 4 is 5.91 Å². The summed E-state index contributed by atoms with van der Waals surface area (Å²) in [4.78, 5) is 15.2. The van der Waals surface area contributed by atoms with E-state index in [1.807, 2.05) is 23.1 Å². The summed E-state index contributed by atoms with van der Waals surface area (Å²) in [5.41, 5.74) is 0.925. The summed E-state index contributed by atoms with van der Waals surface area (Å²) in [6.45, 7) is 4.12. The second-order valence-corrected chi connectivity index (χ2v) is 7.86. The Labute approximate surface area is 148 Å². The summed E-state index contributed by atoms with van der Waals surface area (Å²) < 4.78 is 11.9. The van der Waals surface area contributed by atoms with E-state index in [4.69, 9.17) is 9.47 Å². The molecule has 0 unspecified atom stereocenters. The van der Waals surface area contributed by atoms with Crippen molar-refractivity contribution in [2.24, 2.45) is 11.3 Å². The van der Waals surface area contributed by atoms with E-state index in [9.17, 15) is 9.90 Å². The SMILES string of the molecule is C[C@]12CC3(CC[C@H]1N(Cc1ccccc1)C(=O)[C@@H]2CCO)OCCO3. The highest BCUT2D eigenvalue weighted by atomic mass is 16.7. The van der Waals surface area contributed by atoms with Crippen molar-refractivity contribution in [3.05, 3.63) is 35.9 Å². The van der Waals surface area contributed by atoms with Crippen molar-refractivity contribution in [1.29, 1.82) is 0 Å². The van der Waals surface area contributed by atoms with Crippen LogP contribution in [0.5, 0.6) is 0 Å². The highest BCUT2D eigenvalue weighted by Crippen LogP contribution is 2.56. The van der Waals surface area contributed by atoms with Gasteiger partial charge in [0.1, 0.15) is 0 Å². The maximum atomic E-state index is 13.2. The standard InChI is InChI=1S/C20H27NO4/c1-19-14-20(24-11-12-25-20)9-7-17(19)21(18(23)16(19)8-10-22)13-15-5-3-2-4-6-15/h2-6,16-17,22H,7-14H2,1H3/t16-,17+,19+/m0/s1. The Balaban J connectivity index is 1.63. The molecule has 1 aromatic carbocycles. The third-order valence-corrected chi connectivity index (χ3v) is 6.39. The molecular formula is C20H27NO4. The molecule has 0 aromatic heterocycles. The maximum Gasteiger partial charge on any atom is 0.226 e. The molecule has 2 saturated heterocycles. The molecule has 3 fully saturated rings. The fourth-order valence-electron chi connectivity index (χ4n) is 5.27. The van der Waals surface area contributed by atoms with E-state index in [-0.39, 0.29) is 29.9 Å². The number of likely N-dealkylation sites (tertiary alicyclic amines) is 1. The van der Waals surface area contributed by atoms with Crippen LogP contribution in [0.4, 0.5) is 0 Å². The predicted molar refractivity (Wildman–Crippen MR) is 92.6 cm³/mol. The molecular weight excluding hydrogens is 318 g/mol. The lowest BCUT2D eigenvalue weighted by Crippen LogP contribution is -2.51. The molecule has 1 aliphatic carbocycles. The first-order valence-corrected chi connectivity index (χ1v) is 9.31. The zero-order valence-corrected chi connectivity index (χ0v) is 14.8. The van der Waals surface area contributed by atoms with E-state index in [1.54, 1.807) is 0 Å². The summed E-state index contributed by atoms with van der Waals surface area (Å²) in [5.74, 6) is -0.529. The van der Waals surface area contributed by atoms with Gasteiger partial charge in [-0.05, 0) is 18.4 Å². The van der Waals surface area contributed by atoms with Gasteiger partial charge >= 0.3 is 0 Å². The van der Waals surface area contributed by atoms with Crippen molar-refractivity contribution in [2.75, 3.05) is 19.8 Å². The van der Waals surface area contributed by atoms with E-state index in [2.05, 4.69) is 19.1 Å². The first-order valence-electron chi connectivity index (χ1n) is 9.31. The zero-order chi connectivity index (χ0) is 17.5. The third kappa shape index (κ3) is 2.78. The number of aliphatic hydroxyl groups excluding tert-OH is 1. The monoisotopic (exact) mass is 345 g/mol. The molecule has 5 heteroatoms. The number of aliphatic hydroxyl groups is 1. The van der Waals surface area contributed by atoms with E-state index in [0.717, 1.165) is 24.8 Å². The molecule has 5 nitrogen and oxygen atoms in total. The molecule has 1 aromatic rings. The van der Waals surface area contributed by atoms with Gasteiger partial charge in [0.2, 0.25) is 5.91 Å². The maximum absolute atomic E-state index is 13.2. The number of carbonyl (C=O) groups is 1. The molecule has 2 aliphatic heterocycles. The molecule has 3 atom stereocenters. The number of amides is 1. The zero-order valence-electron chi connectivity index (χ0n) is 14.8. The number of benzene rings is 1. The Morgan fingerprint density at radius 3 is 2.64 bits per heavy atom. The lowest BCUT2D eigenvalue weighted by Gasteiger charge is -2.47. The third-order valence-electron chi connectivity index (χ3n) is 6.39. The molecule has 0 bridgehead atoms. The van der Waals surface area contributed by atoms with Crippen LogP contribution in [0, 0.1) is 11.3 Å². The van der Waals surface area contributed by atoms with Crippen LogP contribution < -0.4 is 0 Å². The van der Waals surface area contributed by atoms with Gasteiger partial charge in [0.25, 0.3) is 0 Å². The molecule has 3 aliphatic rings. The molecule has 2 heterocycles. The molecule has 136 valence electrons. The van der Waals surface area contributed by atoms with Crippen LogP contribution in [0.3, 0.4) is 0 Å².